The molecule has 0 saturated heterocycles. The van der Waals surface area contributed by atoms with Gasteiger partial charge in [-0.15, -0.1) is 10.2 Å². The summed E-state index contributed by atoms with van der Waals surface area (Å²) in [5.41, 5.74) is 2.05. The molecule has 2 heterocycles. The molecule has 19 heavy (non-hydrogen) atoms. The molecule has 4 nitrogen and oxygen atoms in total. The maximum absolute atomic E-state index is 6.21. The molecule has 0 aliphatic carbocycles. The van der Waals surface area contributed by atoms with E-state index < -0.39 is 0 Å². The second-order valence-electron chi connectivity index (χ2n) is 4.34. The zero-order valence-corrected chi connectivity index (χ0v) is 11.6. The topological polar surface area (TPSA) is 41.1 Å². The third-order valence-electron chi connectivity index (χ3n) is 3.08. The smallest absolute Gasteiger partial charge is 0.172 e. The third-order valence-corrected chi connectivity index (χ3v) is 3.63. The minimum atomic E-state index is 0.395. The number of anilines is 2. The summed E-state index contributed by atoms with van der Waals surface area (Å²) in [6, 6.07) is 9.67. The van der Waals surface area contributed by atoms with Gasteiger partial charge in [0.2, 0.25) is 0 Å². The lowest BCUT2D eigenvalue weighted by Crippen LogP contribution is -2.34. The van der Waals surface area contributed by atoms with E-state index in [1.165, 1.54) is 0 Å². The van der Waals surface area contributed by atoms with Crippen LogP contribution in [0.15, 0.2) is 30.3 Å². The van der Waals surface area contributed by atoms with Crippen LogP contribution in [-0.4, -0.2) is 23.3 Å². The Kier molecular flexibility index (Phi) is 3.44. The number of benzene rings is 1. The van der Waals surface area contributed by atoms with E-state index in [0.29, 0.717) is 5.15 Å². The first-order chi connectivity index (χ1) is 9.24. The number of aromatic nitrogens is 2. The molecule has 1 aliphatic rings. The molecule has 0 spiro atoms. The van der Waals surface area contributed by atoms with Crippen LogP contribution in [0.1, 0.15) is 5.56 Å². The molecule has 0 atom stereocenters. The number of halogens is 2. The molecule has 0 saturated carbocycles. The molecular formula is C13H12Cl2N4. The van der Waals surface area contributed by atoms with Crippen LogP contribution in [0.4, 0.5) is 11.5 Å². The molecule has 0 fully saturated rings. The van der Waals surface area contributed by atoms with E-state index in [4.69, 9.17) is 23.2 Å². The minimum absolute atomic E-state index is 0.395. The van der Waals surface area contributed by atoms with E-state index in [1.807, 2.05) is 30.3 Å². The summed E-state index contributed by atoms with van der Waals surface area (Å²) in [5, 5.41) is 12.3. The lowest BCUT2D eigenvalue weighted by molar-refractivity contribution is 0.772. The van der Waals surface area contributed by atoms with E-state index >= 15 is 0 Å². The van der Waals surface area contributed by atoms with Crippen molar-refractivity contribution in [1.29, 1.82) is 0 Å². The minimum Gasteiger partial charge on any atom is -0.365 e. The van der Waals surface area contributed by atoms with Crippen molar-refractivity contribution in [2.45, 2.75) is 6.54 Å². The molecule has 0 radical (unpaired) electrons. The molecule has 2 aromatic rings. The van der Waals surface area contributed by atoms with Crippen LogP contribution in [0.2, 0.25) is 10.2 Å². The average Bonchev–Trinajstić information content (AvgIpc) is 2.42. The van der Waals surface area contributed by atoms with E-state index in [1.54, 1.807) is 0 Å². The van der Waals surface area contributed by atoms with Crippen molar-refractivity contribution in [1.82, 2.24) is 10.2 Å². The van der Waals surface area contributed by atoms with Gasteiger partial charge in [-0.2, -0.15) is 0 Å². The van der Waals surface area contributed by atoms with Crippen molar-refractivity contribution in [2.24, 2.45) is 0 Å². The second kappa shape index (κ2) is 5.23. The molecule has 1 aromatic carbocycles. The fourth-order valence-electron chi connectivity index (χ4n) is 2.15. The van der Waals surface area contributed by atoms with Crippen LogP contribution in [0, 0.1) is 0 Å². The molecule has 1 N–H and O–H groups in total. The standard InChI is InChI=1S/C13H12Cl2N4/c14-10-4-2-1-3-9(10)8-19-6-5-16-13-11(19)7-12(15)17-18-13/h1-4,7H,5-6,8H2,(H,16,18). The molecule has 3 rings (SSSR count). The van der Waals surface area contributed by atoms with Gasteiger partial charge in [0.1, 0.15) is 0 Å². The van der Waals surface area contributed by atoms with E-state index in [9.17, 15) is 0 Å². The Morgan fingerprint density at radius 1 is 1.21 bits per heavy atom. The van der Waals surface area contributed by atoms with Crippen molar-refractivity contribution in [2.75, 3.05) is 23.3 Å². The van der Waals surface area contributed by atoms with E-state index in [0.717, 1.165) is 41.7 Å². The summed E-state index contributed by atoms with van der Waals surface area (Å²) in [6.07, 6.45) is 0. The molecule has 1 aromatic heterocycles. The van der Waals surface area contributed by atoms with Crippen molar-refractivity contribution in [3.63, 3.8) is 0 Å². The van der Waals surface area contributed by atoms with Gasteiger partial charge in [0.15, 0.2) is 11.0 Å². The van der Waals surface area contributed by atoms with Gasteiger partial charge in [-0.1, -0.05) is 41.4 Å². The monoisotopic (exact) mass is 294 g/mol. The van der Waals surface area contributed by atoms with Gasteiger partial charge in [-0.05, 0) is 11.6 Å². The number of nitrogens with zero attached hydrogens (tertiary/aromatic N) is 3. The first kappa shape index (κ1) is 12.5. The summed E-state index contributed by atoms with van der Waals surface area (Å²) in [6.45, 7) is 2.43. The van der Waals surface area contributed by atoms with Crippen molar-refractivity contribution >= 4 is 34.7 Å². The number of fused-ring (bicyclic) bond motifs is 1. The summed E-state index contributed by atoms with van der Waals surface area (Å²) in [4.78, 5) is 2.20. The predicted octanol–water partition coefficient (Wildman–Crippen LogP) is 3.22. The first-order valence-corrected chi connectivity index (χ1v) is 6.75. The van der Waals surface area contributed by atoms with Gasteiger partial charge in [0.05, 0.1) is 5.69 Å². The van der Waals surface area contributed by atoms with E-state index in [2.05, 4.69) is 20.4 Å². The summed E-state index contributed by atoms with van der Waals surface area (Å²) in [5.74, 6) is 0.766. The fraction of sp³-hybridized carbons (Fsp3) is 0.231. The van der Waals surface area contributed by atoms with Crippen LogP contribution >= 0.6 is 23.2 Å². The van der Waals surface area contributed by atoms with E-state index in [-0.39, 0.29) is 0 Å². The van der Waals surface area contributed by atoms with Crippen LogP contribution in [0.25, 0.3) is 0 Å². The SMILES string of the molecule is Clc1cc2c(nn1)NCCN2Cc1ccccc1Cl. The van der Waals surface area contributed by atoms with Crippen LogP contribution in [0.5, 0.6) is 0 Å². The zero-order valence-electron chi connectivity index (χ0n) is 10.1. The summed E-state index contributed by atoms with van der Waals surface area (Å²) >= 11 is 12.1. The largest absolute Gasteiger partial charge is 0.365 e. The Hall–Kier alpha value is -1.52. The lowest BCUT2D eigenvalue weighted by atomic mass is 10.2. The van der Waals surface area contributed by atoms with Crippen LogP contribution < -0.4 is 10.2 Å². The summed E-state index contributed by atoms with van der Waals surface area (Å²) in [7, 11) is 0. The molecule has 1 aliphatic heterocycles. The van der Waals surface area contributed by atoms with Gasteiger partial charge in [0, 0.05) is 30.7 Å². The highest BCUT2D eigenvalue weighted by atomic mass is 35.5. The molecular weight excluding hydrogens is 283 g/mol. The van der Waals surface area contributed by atoms with Crippen molar-refractivity contribution in [3.8, 4) is 0 Å². The van der Waals surface area contributed by atoms with Gasteiger partial charge >= 0.3 is 0 Å². The highest BCUT2D eigenvalue weighted by Gasteiger charge is 2.19. The second-order valence-corrected chi connectivity index (χ2v) is 5.14. The fourth-order valence-corrected chi connectivity index (χ4v) is 2.49. The summed E-state index contributed by atoms with van der Waals surface area (Å²) < 4.78 is 0. The Morgan fingerprint density at radius 2 is 2.05 bits per heavy atom. The Labute approximate surface area is 121 Å². The Balaban J connectivity index is 1.92. The number of nitrogens with one attached hydrogen (secondary N) is 1. The van der Waals surface area contributed by atoms with Crippen molar-refractivity contribution in [3.05, 3.63) is 46.1 Å². The third kappa shape index (κ3) is 2.60. The maximum Gasteiger partial charge on any atom is 0.172 e. The Bertz CT molecular complexity index is 603. The first-order valence-electron chi connectivity index (χ1n) is 5.99. The Morgan fingerprint density at radius 3 is 2.89 bits per heavy atom. The highest BCUT2D eigenvalue weighted by molar-refractivity contribution is 6.31. The average molecular weight is 295 g/mol. The number of hydrogen-bond acceptors (Lipinski definition) is 4. The van der Waals surface area contributed by atoms with Crippen LogP contribution in [-0.2, 0) is 6.54 Å². The van der Waals surface area contributed by atoms with Gasteiger partial charge in [-0.25, -0.2) is 0 Å². The molecule has 6 heteroatoms. The molecule has 0 bridgehead atoms. The number of hydrogen-bond donors (Lipinski definition) is 1. The molecule has 0 unspecified atom stereocenters. The molecule has 98 valence electrons. The number of rotatable bonds is 2. The quantitative estimate of drug-likeness (QED) is 0.923. The lowest BCUT2D eigenvalue weighted by Gasteiger charge is -2.31. The normalized spacial score (nSPS) is 13.9. The predicted molar refractivity (Wildman–Crippen MR) is 78.0 cm³/mol. The zero-order chi connectivity index (χ0) is 13.2. The maximum atomic E-state index is 6.21. The van der Waals surface area contributed by atoms with Crippen molar-refractivity contribution < 1.29 is 0 Å². The van der Waals surface area contributed by atoms with Gasteiger partial charge in [0.25, 0.3) is 0 Å². The van der Waals surface area contributed by atoms with Gasteiger partial charge < -0.3 is 10.2 Å². The highest BCUT2D eigenvalue weighted by Crippen LogP contribution is 2.30. The van der Waals surface area contributed by atoms with Gasteiger partial charge in [-0.3, -0.25) is 0 Å². The van der Waals surface area contributed by atoms with Crippen LogP contribution in [0.3, 0.4) is 0 Å². The molecule has 0 amide bonds.